The number of benzene rings is 1. The molecule has 1 heterocycles. The van der Waals surface area contributed by atoms with E-state index in [1.165, 1.54) is 30.5 Å². The largest absolute Gasteiger partial charge is 0.508 e. The van der Waals surface area contributed by atoms with E-state index in [9.17, 15) is 14.7 Å². The molecule has 2 rings (SSSR count). The molecule has 0 saturated heterocycles. The third-order valence-electron chi connectivity index (χ3n) is 2.69. The van der Waals surface area contributed by atoms with Crippen LogP contribution in [0.15, 0.2) is 47.1 Å². The van der Waals surface area contributed by atoms with Gasteiger partial charge in [0.15, 0.2) is 0 Å². The van der Waals surface area contributed by atoms with Crippen molar-refractivity contribution in [2.24, 2.45) is 0 Å². The van der Waals surface area contributed by atoms with Gasteiger partial charge in [0.2, 0.25) is 0 Å². The fourth-order valence-corrected chi connectivity index (χ4v) is 1.72. The predicted octanol–water partition coefficient (Wildman–Crippen LogP) is 1.79. The maximum atomic E-state index is 12.1. The van der Waals surface area contributed by atoms with Crippen LogP contribution in [-0.2, 0) is 11.3 Å². The Bertz CT molecular complexity index is 607. The topological polar surface area (TPSA) is 103 Å². The first kappa shape index (κ1) is 14.4. The van der Waals surface area contributed by atoms with Gasteiger partial charge in [-0.2, -0.15) is 0 Å². The van der Waals surface area contributed by atoms with E-state index < -0.39 is 18.5 Å². The van der Waals surface area contributed by atoms with Crippen molar-refractivity contribution in [2.45, 2.75) is 6.54 Å². The maximum absolute atomic E-state index is 12.1. The number of anilines is 1. The van der Waals surface area contributed by atoms with Crippen molar-refractivity contribution in [3.8, 4) is 5.75 Å². The van der Waals surface area contributed by atoms with Gasteiger partial charge in [0.1, 0.15) is 18.1 Å². The van der Waals surface area contributed by atoms with Crippen LogP contribution in [0.5, 0.6) is 5.75 Å². The number of carboxylic acids is 1. The van der Waals surface area contributed by atoms with Crippen LogP contribution >= 0.6 is 0 Å². The van der Waals surface area contributed by atoms with Gasteiger partial charge in [0.25, 0.3) is 0 Å². The van der Waals surface area contributed by atoms with Crippen LogP contribution < -0.4 is 10.2 Å². The van der Waals surface area contributed by atoms with Gasteiger partial charge in [-0.05, 0) is 36.4 Å². The van der Waals surface area contributed by atoms with Crippen LogP contribution in [0, 0.1) is 0 Å². The number of phenols is 1. The molecule has 0 aliphatic rings. The molecule has 21 heavy (non-hydrogen) atoms. The Hall–Kier alpha value is -2.96. The van der Waals surface area contributed by atoms with Crippen molar-refractivity contribution in [2.75, 3.05) is 11.4 Å². The molecule has 1 aromatic carbocycles. The van der Waals surface area contributed by atoms with Gasteiger partial charge >= 0.3 is 12.0 Å². The van der Waals surface area contributed by atoms with E-state index >= 15 is 0 Å². The zero-order valence-corrected chi connectivity index (χ0v) is 11.0. The lowest BCUT2D eigenvalue weighted by Crippen LogP contribution is -2.42. The number of nitrogens with one attached hydrogen (secondary N) is 1. The minimum Gasteiger partial charge on any atom is -0.508 e. The van der Waals surface area contributed by atoms with Crippen LogP contribution in [0.1, 0.15) is 5.76 Å². The zero-order valence-electron chi connectivity index (χ0n) is 11.0. The van der Waals surface area contributed by atoms with Crippen LogP contribution in [0.2, 0.25) is 0 Å². The van der Waals surface area contributed by atoms with E-state index in [0.29, 0.717) is 11.4 Å². The molecule has 0 spiro atoms. The number of hydrogen-bond acceptors (Lipinski definition) is 4. The molecule has 0 atom stereocenters. The summed E-state index contributed by atoms with van der Waals surface area (Å²) in [5.74, 6) is -0.550. The Morgan fingerprint density at radius 2 is 1.90 bits per heavy atom. The standard InChI is InChI=1S/C14H14N2O5/c17-11-5-3-10(4-6-11)16(9-13(18)19)14(20)15-8-12-2-1-7-21-12/h1-7,17H,8-9H2,(H,15,20)(H,18,19). The molecule has 1 aromatic heterocycles. The first-order valence-electron chi connectivity index (χ1n) is 6.15. The van der Waals surface area contributed by atoms with Gasteiger partial charge < -0.3 is 19.9 Å². The summed E-state index contributed by atoms with van der Waals surface area (Å²) in [6, 6.07) is 8.50. The lowest BCUT2D eigenvalue weighted by Gasteiger charge is -2.21. The van der Waals surface area contributed by atoms with Gasteiger partial charge in [0.05, 0.1) is 12.8 Å². The van der Waals surface area contributed by atoms with E-state index in [2.05, 4.69) is 5.32 Å². The monoisotopic (exact) mass is 290 g/mol. The molecule has 2 aromatic rings. The van der Waals surface area contributed by atoms with Gasteiger partial charge in [-0.1, -0.05) is 0 Å². The maximum Gasteiger partial charge on any atom is 0.323 e. The lowest BCUT2D eigenvalue weighted by atomic mass is 10.2. The Morgan fingerprint density at radius 1 is 1.19 bits per heavy atom. The number of carbonyl (C=O) groups excluding carboxylic acids is 1. The van der Waals surface area contributed by atoms with Crippen LogP contribution in [-0.4, -0.2) is 28.8 Å². The Labute approximate surface area is 120 Å². The van der Waals surface area contributed by atoms with Gasteiger partial charge in [-0.15, -0.1) is 0 Å². The Kier molecular flexibility index (Phi) is 4.45. The summed E-state index contributed by atoms with van der Waals surface area (Å²) in [6.45, 7) is -0.338. The van der Waals surface area contributed by atoms with Crippen LogP contribution in [0.3, 0.4) is 0 Å². The highest BCUT2D eigenvalue weighted by molar-refractivity contribution is 5.96. The van der Waals surface area contributed by atoms with Crippen molar-refractivity contribution in [3.05, 3.63) is 48.4 Å². The summed E-state index contributed by atoms with van der Waals surface area (Å²) < 4.78 is 5.08. The number of phenolic OH excluding ortho intramolecular Hbond substituents is 1. The number of urea groups is 1. The van der Waals surface area contributed by atoms with E-state index in [1.807, 2.05) is 0 Å². The summed E-state index contributed by atoms with van der Waals surface area (Å²) in [5.41, 5.74) is 0.368. The number of carboxylic acid groups (broad SMARTS) is 1. The number of nitrogens with zero attached hydrogens (tertiary/aromatic N) is 1. The summed E-state index contributed by atoms with van der Waals surface area (Å²) in [5, 5.41) is 20.7. The molecule has 0 fully saturated rings. The smallest absolute Gasteiger partial charge is 0.323 e. The number of carbonyl (C=O) groups is 2. The van der Waals surface area contributed by atoms with E-state index in [-0.39, 0.29) is 12.3 Å². The van der Waals surface area contributed by atoms with Gasteiger partial charge in [-0.3, -0.25) is 9.69 Å². The van der Waals surface area contributed by atoms with Crippen LogP contribution in [0.25, 0.3) is 0 Å². The first-order valence-corrected chi connectivity index (χ1v) is 6.15. The molecule has 110 valence electrons. The van der Waals surface area contributed by atoms with Crippen molar-refractivity contribution in [1.82, 2.24) is 5.32 Å². The molecule has 0 aliphatic heterocycles. The Morgan fingerprint density at radius 3 is 2.48 bits per heavy atom. The quantitative estimate of drug-likeness (QED) is 0.779. The average molecular weight is 290 g/mol. The predicted molar refractivity (Wildman–Crippen MR) is 74.0 cm³/mol. The number of amides is 2. The number of aromatic hydroxyl groups is 1. The van der Waals surface area contributed by atoms with Gasteiger partial charge in [0, 0.05) is 5.69 Å². The number of furan rings is 1. The number of aliphatic carboxylic acids is 1. The van der Waals surface area contributed by atoms with E-state index in [0.717, 1.165) is 4.90 Å². The molecular formula is C14H14N2O5. The third kappa shape index (κ3) is 4.00. The number of hydrogen-bond donors (Lipinski definition) is 3. The minimum absolute atomic E-state index is 0.0324. The SMILES string of the molecule is O=C(O)CN(C(=O)NCc1ccco1)c1ccc(O)cc1. The van der Waals surface area contributed by atoms with E-state index in [4.69, 9.17) is 9.52 Å². The highest BCUT2D eigenvalue weighted by Gasteiger charge is 2.18. The molecule has 0 bridgehead atoms. The molecule has 2 amide bonds. The zero-order chi connectivity index (χ0) is 15.2. The molecule has 7 heteroatoms. The summed E-state index contributed by atoms with van der Waals surface area (Å²) in [6.07, 6.45) is 1.48. The molecule has 0 radical (unpaired) electrons. The summed E-state index contributed by atoms with van der Waals surface area (Å²) in [7, 11) is 0. The second kappa shape index (κ2) is 6.47. The van der Waals surface area contributed by atoms with Crippen LogP contribution in [0.4, 0.5) is 10.5 Å². The normalized spacial score (nSPS) is 10.1. The van der Waals surface area contributed by atoms with Crippen molar-refractivity contribution in [1.29, 1.82) is 0 Å². The first-order chi connectivity index (χ1) is 10.1. The molecular weight excluding hydrogens is 276 g/mol. The van der Waals surface area contributed by atoms with Crippen molar-refractivity contribution >= 4 is 17.7 Å². The summed E-state index contributed by atoms with van der Waals surface area (Å²) >= 11 is 0. The van der Waals surface area contributed by atoms with Crippen molar-refractivity contribution < 1.29 is 24.2 Å². The van der Waals surface area contributed by atoms with E-state index in [1.54, 1.807) is 12.1 Å². The molecule has 0 aliphatic carbocycles. The number of rotatable bonds is 5. The molecule has 3 N–H and O–H groups in total. The summed E-state index contributed by atoms with van der Waals surface area (Å²) in [4.78, 5) is 24.1. The third-order valence-corrected chi connectivity index (χ3v) is 2.69. The van der Waals surface area contributed by atoms with Crippen molar-refractivity contribution in [3.63, 3.8) is 0 Å². The highest BCUT2D eigenvalue weighted by atomic mass is 16.4. The molecule has 0 unspecified atom stereocenters. The molecule has 7 nitrogen and oxygen atoms in total. The highest BCUT2D eigenvalue weighted by Crippen LogP contribution is 2.18. The average Bonchev–Trinajstić information content (AvgIpc) is 2.96. The fourth-order valence-electron chi connectivity index (χ4n) is 1.72. The lowest BCUT2D eigenvalue weighted by molar-refractivity contribution is -0.135. The second-order valence-corrected chi connectivity index (χ2v) is 4.23. The Balaban J connectivity index is 2.09. The second-order valence-electron chi connectivity index (χ2n) is 4.23. The molecule has 0 saturated carbocycles. The van der Waals surface area contributed by atoms with Gasteiger partial charge in [-0.25, -0.2) is 4.79 Å². The minimum atomic E-state index is -1.14. The fraction of sp³-hybridized carbons (Fsp3) is 0.143.